The molecule has 19 heavy (non-hydrogen) atoms. The van der Waals surface area contributed by atoms with Gasteiger partial charge in [0.1, 0.15) is 0 Å². The van der Waals surface area contributed by atoms with Gasteiger partial charge in [-0.15, -0.1) is 0 Å². The molecule has 0 radical (unpaired) electrons. The molecule has 2 rings (SSSR count). The van der Waals surface area contributed by atoms with E-state index < -0.39 is 0 Å². The zero-order valence-corrected chi connectivity index (χ0v) is 11.7. The molecule has 104 valence electrons. The van der Waals surface area contributed by atoms with E-state index in [0.717, 1.165) is 12.3 Å². The van der Waals surface area contributed by atoms with E-state index in [1.165, 1.54) is 11.8 Å². The molecule has 0 amide bonds. The van der Waals surface area contributed by atoms with Gasteiger partial charge in [0, 0.05) is 32.0 Å². The second kappa shape index (κ2) is 6.83. The highest BCUT2D eigenvalue weighted by atomic mass is 32.2. The summed E-state index contributed by atoms with van der Waals surface area (Å²) in [5.41, 5.74) is 6.14. The highest BCUT2D eigenvalue weighted by molar-refractivity contribution is 8.14. The van der Waals surface area contributed by atoms with E-state index in [4.69, 9.17) is 10.5 Å². The van der Waals surface area contributed by atoms with Crippen LogP contribution >= 0.6 is 11.8 Å². The average molecular weight is 282 g/mol. The molecule has 1 fully saturated rings. The van der Waals surface area contributed by atoms with Crippen LogP contribution < -0.4 is 10.6 Å². The van der Waals surface area contributed by atoms with E-state index in [9.17, 15) is 4.79 Å². The third-order valence-corrected chi connectivity index (χ3v) is 3.62. The fourth-order valence-corrected chi connectivity index (χ4v) is 2.38. The number of carbonyl (C=O) groups is 1. The molecule has 1 unspecified atom stereocenters. The zero-order valence-electron chi connectivity index (χ0n) is 10.9. The Morgan fingerprint density at radius 3 is 2.95 bits per heavy atom. The highest BCUT2D eigenvalue weighted by Crippen LogP contribution is 2.15. The molecule has 0 aliphatic carbocycles. The quantitative estimate of drug-likeness (QED) is 0.862. The topological polar surface area (TPSA) is 81.3 Å². The Bertz CT molecular complexity index is 426. The zero-order chi connectivity index (χ0) is 13.7. The van der Waals surface area contributed by atoms with Gasteiger partial charge < -0.3 is 15.4 Å². The van der Waals surface area contributed by atoms with Crippen LogP contribution in [0, 0.1) is 0 Å². The summed E-state index contributed by atoms with van der Waals surface area (Å²) in [6.07, 6.45) is 3.19. The largest absolute Gasteiger partial charge is 0.373 e. The van der Waals surface area contributed by atoms with Gasteiger partial charge in [0.15, 0.2) is 0 Å². The number of ether oxygens (including phenoxy) is 1. The van der Waals surface area contributed by atoms with Crippen molar-refractivity contribution in [2.24, 2.45) is 5.73 Å². The van der Waals surface area contributed by atoms with Gasteiger partial charge in [0.05, 0.1) is 18.3 Å². The van der Waals surface area contributed by atoms with E-state index in [2.05, 4.69) is 9.97 Å². The first-order chi connectivity index (χ1) is 9.24. The predicted molar refractivity (Wildman–Crippen MR) is 75.5 cm³/mol. The van der Waals surface area contributed by atoms with Gasteiger partial charge in [-0.2, -0.15) is 0 Å². The maximum atomic E-state index is 11.7. The van der Waals surface area contributed by atoms with E-state index in [1.807, 2.05) is 11.8 Å². The van der Waals surface area contributed by atoms with Gasteiger partial charge in [-0.3, -0.25) is 4.79 Å². The molecule has 1 aliphatic heterocycles. The summed E-state index contributed by atoms with van der Waals surface area (Å²) in [6, 6.07) is 0. The molecule has 2 heterocycles. The minimum Gasteiger partial charge on any atom is -0.373 e. The van der Waals surface area contributed by atoms with Crippen LogP contribution in [0.2, 0.25) is 0 Å². The second-order valence-electron chi connectivity index (χ2n) is 4.17. The Kier molecular flexibility index (Phi) is 5.12. The first-order valence-corrected chi connectivity index (χ1v) is 7.29. The van der Waals surface area contributed by atoms with Gasteiger partial charge in [-0.05, 0) is 5.75 Å². The van der Waals surface area contributed by atoms with Crippen LogP contribution in [0.15, 0.2) is 12.4 Å². The van der Waals surface area contributed by atoms with Crippen LogP contribution in [-0.2, 0) is 4.74 Å². The molecule has 2 N–H and O–H groups in total. The van der Waals surface area contributed by atoms with E-state index in [0.29, 0.717) is 31.2 Å². The van der Waals surface area contributed by atoms with Crippen molar-refractivity contribution < 1.29 is 9.53 Å². The summed E-state index contributed by atoms with van der Waals surface area (Å²) < 4.78 is 5.49. The fraction of sp³-hybridized carbons (Fsp3) is 0.583. The van der Waals surface area contributed by atoms with Crippen LogP contribution in [0.5, 0.6) is 0 Å². The molecule has 1 atom stereocenters. The summed E-state index contributed by atoms with van der Waals surface area (Å²) in [5, 5.41) is 0.0101. The van der Waals surface area contributed by atoms with E-state index in [-0.39, 0.29) is 11.2 Å². The molecular weight excluding hydrogens is 264 g/mol. The number of aromatic nitrogens is 2. The smallest absolute Gasteiger partial charge is 0.225 e. The number of hydrogen-bond acceptors (Lipinski definition) is 7. The Morgan fingerprint density at radius 2 is 2.32 bits per heavy atom. The van der Waals surface area contributed by atoms with Crippen LogP contribution in [0.3, 0.4) is 0 Å². The molecule has 1 saturated heterocycles. The molecule has 6 nitrogen and oxygen atoms in total. The summed E-state index contributed by atoms with van der Waals surface area (Å²) in [7, 11) is 0. The first-order valence-electron chi connectivity index (χ1n) is 6.30. The highest BCUT2D eigenvalue weighted by Gasteiger charge is 2.21. The van der Waals surface area contributed by atoms with Crippen LogP contribution in [-0.4, -0.2) is 53.2 Å². The molecule has 0 aromatic carbocycles. The third-order valence-electron chi connectivity index (χ3n) is 2.83. The Labute approximate surface area is 116 Å². The van der Waals surface area contributed by atoms with E-state index in [1.54, 1.807) is 12.4 Å². The summed E-state index contributed by atoms with van der Waals surface area (Å²) in [6.45, 7) is 4.48. The number of carbonyl (C=O) groups excluding carboxylic acids is 1. The maximum absolute atomic E-state index is 11.7. The molecule has 1 aromatic rings. The van der Waals surface area contributed by atoms with Gasteiger partial charge in [0.25, 0.3) is 0 Å². The number of nitrogens with zero attached hydrogens (tertiary/aromatic N) is 3. The minimum absolute atomic E-state index is 0.0101. The molecule has 1 aliphatic rings. The van der Waals surface area contributed by atoms with Gasteiger partial charge in [0.2, 0.25) is 11.1 Å². The summed E-state index contributed by atoms with van der Waals surface area (Å²) >= 11 is 1.26. The number of morpholine rings is 1. The van der Waals surface area contributed by atoms with Crippen molar-refractivity contribution in [3.05, 3.63) is 18.0 Å². The van der Waals surface area contributed by atoms with Crippen molar-refractivity contribution in [1.29, 1.82) is 0 Å². The summed E-state index contributed by atoms with van der Waals surface area (Å²) in [4.78, 5) is 22.2. The standard InChI is InChI=1S/C12H18N4O2S/c1-2-19-11(17)9-6-14-12(15-7-9)16-3-4-18-10(5-13)8-16/h6-7,10H,2-5,8,13H2,1H3. The van der Waals surface area contributed by atoms with Crippen molar-refractivity contribution in [2.45, 2.75) is 13.0 Å². The number of rotatable bonds is 4. The third kappa shape index (κ3) is 3.65. The summed E-state index contributed by atoms with van der Waals surface area (Å²) in [5.74, 6) is 1.38. The predicted octanol–water partition coefficient (Wildman–Crippen LogP) is 0.534. The van der Waals surface area contributed by atoms with Gasteiger partial charge in [-0.1, -0.05) is 18.7 Å². The number of nitrogens with two attached hydrogens (primary N) is 1. The lowest BCUT2D eigenvalue weighted by Crippen LogP contribution is -2.46. The number of thioether (sulfide) groups is 1. The van der Waals surface area contributed by atoms with Gasteiger partial charge in [-0.25, -0.2) is 9.97 Å². The van der Waals surface area contributed by atoms with E-state index >= 15 is 0 Å². The molecule has 0 bridgehead atoms. The molecule has 7 heteroatoms. The van der Waals surface area contributed by atoms with Crippen LogP contribution in [0.4, 0.5) is 5.95 Å². The first kappa shape index (κ1) is 14.2. The van der Waals surface area contributed by atoms with Crippen molar-refractivity contribution >= 4 is 22.8 Å². The fourth-order valence-electron chi connectivity index (χ4n) is 1.85. The molecule has 0 spiro atoms. The van der Waals surface area contributed by atoms with Crippen molar-refractivity contribution in [3.63, 3.8) is 0 Å². The second-order valence-corrected chi connectivity index (χ2v) is 5.40. The lowest BCUT2D eigenvalue weighted by molar-refractivity contribution is 0.0460. The van der Waals surface area contributed by atoms with Crippen molar-refractivity contribution in [2.75, 3.05) is 36.9 Å². The lowest BCUT2D eigenvalue weighted by Gasteiger charge is -2.32. The van der Waals surface area contributed by atoms with Crippen LogP contribution in [0.25, 0.3) is 0 Å². The Hall–Kier alpha value is -1.18. The molecule has 1 aromatic heterocycles. The monoisotopic (exact) mass is 282 g/mol. The minimum atomic E-state index is 0.0101. The van der Waals surface area contributed by atoms with Crippen LogP contribution in [0.1, 0.15) is 17.3 Å². The van der Waals surface area contributed by atoms with Crippen molar-refractivity contribution in [1.82, 2.24) is 9.97 Å². The lowest BCUT2D eigenvalue weighted by atomic mass is 10.3. The Balaban J connectivity index is 2.03. The molecular formula is C12H18N4O2S. The maximum Gasteiger partial charge on any atom is 0.225 e. The Morgan fingerprint density at radius 1 is 1.58 bits per heavy atom. The number of hydrogen-bond donors (Lipinski definition) is 1. The van der Waals surface area contributed by atoms with Crippen molar-refractivity contribution in [3.8, 4) is 0 Å². The van der Waals surface area contributed by atoms with Gasteiger partial charge >= 0.3 is 0 Å². The number of anilines is 1. The normalized spacial score (nSPS) is 19.5. The molecule has 0 saturated carbocycles. The SMILES string of the molecule is CCSC(=O)c1cnc(N2CCOC(CN)C2)nc1. The average Bonchev–Trinajstić information content (AvgIpc) is 2.48.